The second-order valence-electron chi connectivity index (χ2n) is 5.32. The van der Waals surface area contributed by atoms with Crippen molar-refractivity contribution in [3.63, 3.8) is 0 Å². The standard InChI is InChI=1S/C14H17N3O/c1-8-5-11-12(6-9(8)2)17-14(16-11)10-3-4-15-13(18)7-10/h3-4,7-9H,5-6H2,1-2H3,(H,15,18)(H,16,17). The van der Waals surface area contributed by atoms with Crippen molar-refractivity contribution in [2.45, 2.75) is 26.7 Å². The molecule has 0 aliphatic heterocycles. The monoisotopic (exact) mass is 243 g/mol. The van der Waals surface area contributed by atoms with Crippen molar-refractivity contribution in [3.05, 3.63) is 40.1 Å². The van der Waals surface area contributed by atoms with Gasteiger partial charge < -0.3 is 9.97 Å². The Morgan fingerprint density at radius 3 is 2.83 bits per heavy atom. The van der Waals surface area contributed by atoms with E-state index in [0.717, 1.165) is 29.9 Å². The fraction of sp³-hybridized carbons (Fsp3) is 0.429. The van der Waals surface area contributed by atoms with Gasteiger partial charge >= 0.3 is 0 Å². The minimum Gasteiger partial charge on any atom is -0.342 e. The molecule has 1 aliphatic carbocycles. The summed E-state index contributed by atoms with van der Waals surface area (Å²) >= 11 is 0. The Labute approximate surface area is 105 Å². The van der Waals surface area contributed by atoms with Gasteiger partial charge in [0.25, 0.3) is 0 Å². The summed E-state index contributed by atoms with van der Waals surface area (Å²) in [6.07, 6.45) is 3.73. The summed E-state index contributed by atoms with van der Waals surface area (Å²) in [7, 11) is 0. The van der Waals surface area contributed by atoms with Gasteiger partial charge in [0.15, 0.2) is 0 Å². The van der Waals surface area contributed by atoms with Crippen molar-refractivity contribution in [1.29, 1.82) is 0 Å². The Hall–Kier alpha value is -1.84. The van der Waals surface area contributed by atoms with Gasteiger partial charge in [-0.3, -0.25) is 4.79 Å². The smallest absolute Gasteiger partial charge is 0.248 e. The van der Waals surface area contributed by atoms with Crippen molar-refractivity contribution in [2.24, 2.45) is 11.8 Å². The van der Waals surface area contributed by atoms with E-state index >= 15 is 0 Å². The van der Waals surface area contributed by atoms with Gasteiger partial charge in [-0.15, -0.1) is 0 Å². The van der Waals surface area contributed by atoms with Gasteiger partial charge in [-0.2, -0.15) is 0 Å². The predicted molar refractivity (Wildman–Crippen MR) is 70.4 cm³/mol. The minimum absolute atomic E-state index is 0.0939. The molecule has 1 aliphatic rings. The van der Waals surface area contributed by atoms with Crippen LogP contribution in [0.1, 0.15) is 25.2 Å². The van der Waals surface area contributed by atoms with Crippen LogP contribution in [0.5, 0.6) is 0 Å². The van der Waals surface area contributed by atoms with Crippen molar-refractivity contribution in [3.8, 4) is 11.4 Å². The molecule has 4 heteroatoms. The van der Waals surface area contributed by atoms with E-state index in [4.69, 9.17) is 0 Å². The van der Waals surface area contributed by atoms with E-state index in [9.17, 15) is 4.79 Å². The number of rotatable bonds is 1. The Bertz CT molecular complexity index is 598. The Morgan fingerprint density at radius 2 is 2.06 bits per heavy atom. The first kappa shape index (κ1) is 11.3. The van der Waals surface area contributed by atoms with Gasteiger partial charge in [0.2, 0.25) is 5.56 Å². The van der Waals surface area contributed by atoms with E-state index in [-0.39, 0.29) is 5.56 Å². The van der Waals surface area contributed by atoms with Crippen LogP contribution in [0.15, 0.2) is 23.1 Å². The highest BCUT2D eigenvalue weighted by atomic mass is 16.1. The number of H-pyrrole nitrogens is 2. The lowest BCUT2D eigenvalue weighted by atomic mass is 9.82. The van der Waals surface area contributed by atoms with Gasteiger partial charge in [0.1, 0.15) is 5.82 Å². The molecule has 3 rings (SSSR count). The number of hydrogen-bond donors (Lipinski definition) is 2. The van der Waals surface area contributed by atoms with Crippen LogP contribution in [-0.2, 0) is 12.8 Å². The van der Waals surface area contributed by atoms with Crippen molar-refractivity contribution in [1.82, 2.24) is 15.0 Å². The summed E-state index contributed by atoms with van der Waals surface area (Å²) in [6.45, 7) is 4.55. The molecule has 2 aromatic rings. The van der Waals surface area contributed by atoms with Crippen LogP contribution in [0.4, 0.5) is 0 Å². The number of pyridine rings is 1. The maximum absolute atomic E-state index is 11.3. The second kappa shape index (κ2) is 4.12. The minimum atomic E-state index is -0.0939. The Kier molecular flexibility index (Phi) is 2.58. The summed E-state index contributed by atoms with van der Waals surface area (Å²) in [6, 6.07) is 3.45. The van der Waals surface area contributed by atoms with Gasteiger partial charge in [0.05, 0.1) is 5.69 Å². The summed E-state index contributed by atoms with van der Waals surface area (Å²) in [4.78, 5) is 21.9. The maximum atomic E-state index is 11.3. The molecule has 94 valence electrons. The Morgan fingerprint density at radius 1 is 1.28 bits per heavy atom. The van der Waals surface area contributed by atoms with Gasteiger partial charge in [-0.05, 0) is 30.7 Å². The van der Waals surface area contributed by atoms with Gasteiger partial charge in [-0.1, -0.05) is 13.8 Å². The van der Waals surface area contributed by atoms with Crippen LogP contribution in [0.2, 0.25) is 0 Å². The molecule has 0 amide bonds. The molecule has 0 saturated carbocycles. The molecule has 4 nitrogen and oxygen atoms in total. The highest BCUT2D eigenvalue weighted by molar-refractivity contribution is 5.55. The van der Waals surface area contributed by atoms with Crippen molar-refractivity contribution in [2.75, 3.05) is 0 Å². The molecule has 18 heavy (non-hydrogen) atoms. The molecule has 2 aromatic heterocycles. The first-order valence-corrected chi connectivity index (χ1v) is 6.40. The quantitative estimate of drug-likeness (QED) is 0.806. The third kappa shape index (κ3) is 1.88. The fourth-order valence-corrected chi connectivity index (χ4v) is 2.54. The lowest BCUT2D eigenvalue weighted by Crippen LogP contribution is -2.20. The third-order valence-electron chi connectivity index (χ3n) is 3.93. The van der Waals surface area contributed by atoms with E-state index in [1.54, 1.807) is 12.3 Å². The molecule has 0 bridgehead atoms. The van der Waals surface area contributed by atoms with Gasteiger partial charge in [-0.25, -0.2) is 4.98 Å². The molecule has 2 unspecified atom stereocenters. The summed E-state index contributed by atoms with van der Waals surface area (Å²) in [5, 5.41) is 0. The third-order valence-corrected chi connectivity index (χ3v) is 3.93. The van der Waals surface area contributed by atoms with Crippen molar-refractivity contribution < 1.29 is 0 Å². The summed E-state index contributed by atoms with van der Waals surface area (Å²) in [5.41, 5.74) is 3.16. The SMILES string of the molecule is CC1Cc2nc(-c3cc[nH]c(=O)c3)[nH]c2CC1C. The molecule has 0 radical (unpaired) electrons. The largest absolute Gasteiger partial charge is 0.342 e. The van der Waals surface area contributed by atoms with Crippen molar-refractivity contribution >= 4 is 0 Å². The number of fused-ring (bicyclic) bond motifs is 1. The number of nitrogens with one attached hydrogen (secondary N) is 2. The molecule has 2 heterocycles. The Balaban J connectivity index is 2.01. The lowest BCUT2D eigenvalue weighted by molar-refractivity contribution is 0.355. The van der Waals surface area contributed by atoms with Gasteiger partial charge in [0, 0.05) is 23.5 Å². The number of hydrogen-bond acceptors (Lipinski definition) is 2. The molecular formula is C14H17N3O. The van der Waals surface area contributed by atoms with Crippen LogP contribution in [-0.4, -0.2) is 15.0 Å². The van der Waals surface area contributed by atoms with Crippen LogP contribution in [0, 0.1) is 11.8 Å². The number of aromatic amines is 2. The molecule has 0 aromatic carbocycles. The zero-order valence-electron chi connectivity index (χ0n) is 10.7. The summed E-state index contributed by atoms with van der Waals surface area (Å²) < 4.78 is 0. The molecule has 2 N–H and O–H groups in total. The van der Waals surface area contributed by atoms with E-state index in [0.29, 0.717) is 11.8 Å². The van der Waals surface area contributed by atoms with E-state index in [2.05, 4.69) is 28.8 Å². The van der Waals surface area contributed by atoms with Crippen LogP contribution in [0.3, 0.4) is 0 Å². The zero-order valence-corrected chi connectivity index (χ0v) is 10.7. The number of imidazole rings is 1. The van der Waals surface area contributed by atoms with E-state index in [1.807, 2.05) is 6.07 Å². The highest BCUT2D eigenvalue weighted by Crippen LogP contribution is 2.30. The molecule has 0 saturated heterocycles. The first-order valence-electron chi connectivity index (χ1n) is 6.40. The normalized spacial score (nSPS) is 22.8. The topological polar surface area (TPSA) is 61.5 Å². The molecular weight excluding hydrogens is 226 g/mol. The average Bonchev–Trinajstić information content (AvgIpc) is 2.73. The highest BCUT2D eigenvalue weighted by Gasteiger charge is 2.25. The van der Waals surface area contributed by atoms with Crippen LogP contribution >= 0.6 is 0 Å². The molecule has 0 spiro atoms. The van der Waals surface area contributed by atoms with E-state index < -0.39 is 0 Å². The number of nitrogens with zero attached hydrogens (tertiary/aromatic N) is 1. The predicted octanol–water partition coefficient (Wildman–Crippen LogP) is 2.14. The summed E-state index contributed by atoms with van der Waals surface area (Å²) in [5.74, 6) is 2.17. The molecule has 0 fully saturated rings. The van der Waals surface area contributed by atoms with Crippen LogP contribution in [0.25, 0.3) is 11.4 Å². The second-order valence-corrected chi connectivity index (χ2v) is 5.32. The lowest BCUT2D eigenvalue weighted by Gasteiger charge is -2.24. The fourth-order valence-electron chi connectivity index (χ4n) is 2.54. The maximum Gasteiger partial charge on any atom is 0.248 e. The van der Waals surface area contributed by atoms with Crippen LogP contribution < -0.4 is 5.56 Å². The number of aromatic nitrogens is 3. The average molecular weight is 243 g/mol. The molecule has 2 atom stereocenters. The zero-order chi connectivity index (χ0) is 12.7. The first-order chi connectivity index (χ1) is 8.63. The van der Waals surface area contributed by atoms with E-state index in [1.165, 1.54) is 5.69 Å².